The van der Waals surface area contributed by atoms with Crippen molar-refractivity contribution in [2.75, 3.05) is 69.3 Å². The fourth-order valence-corrected chi connectivity index (χ4v) is 8.30. The van der Waals surface area contributed by atoms with Gasteiger partial charge in [-0.15, -0.1) is 0 Å². The van der Waals surface area contributed by atoms with Gasteiger partial charge in [0.05, 0.1) is 30.3 Å². The quantitative estimate of drug-likeness (QED) is 0.0853. The Hall–Kier alpha value is -3.83. The number of rotatable bonds is 11. The van der Waals surface area contributed by atoms with E-state index in [1.54, 1.807) is 18.2 Å². The van der Waals surface area contributed by atoms with Crippen LogP contribution < -0.4 is 14.5 Å². The molecule has 282 valence electrons. The number of esters is 1. The molecule has 3 aliphatic rings. The largest absolute Gasteiger partial charge is 0.474 e. The number of ether oxygens (including phenoxy) is 3. The van der Waals surface area contributed by atoms with Crippen LogP contribution in [0.1, 0.15) is 54.5 Å². The van der Waals surface area contributed by atoms with E-state index >= 15 is 0 Å². The number of halogens is 1. The maximum atomic E-state index is 13.3. The molecule has 0 atom stereocenters. The zero-order valence-corrected chi connectivity index (χ0v) is 33.6. The van der Waals surface area contributed by atoms with Crippen LogP contribution in [-0.4, -0.2) is 88.0 Å². The van der Waals surface area contributed by atoms with Crippen LogP contribution >= 0.6 is 11.6 Å². The van der Waals surface area contributed by atoms with Gasteiger partial charge in [0.2, 0.25) is 5.88 Å². The Labute approximate surface area is 326 Å². The van der Waals surface area contributed by atoms with E-state index in [9.17, 15) is 4.79 Å². The van der Waals surface area contributed by atoms with Gasteiger partial charge in [0.1, 0.15) is 24.6 Å². The number of carbonyl (C=O) groups excluding carboxylic acids is 1. The van der Waals surface area contributed by atoms with Crippen LogP contribution in [0, 0.1) is 5.41 Å². The van der Waals surface area contributed by atoms with Crippen molar-refractivity contribution in [1.29, 1.82) is 0 Å². The normalized spacial score (nSPS) is 21.0. The highest BCUT2D eigenvalue weighted by Gasteiger charge is 2.31. The number of benzene rings is 2. The number of fused-ring (bicyclic) bond motifs is 2. The number of carbonyl (C=O) groups is 1. The van der Waals surface area contributed by atoms with Crippen molar-refractivity contribution in [2.45, 2.75) is 65.5 Å². The SMILES string of the molecule is [2H]C1([2H])Oc2nc3c(ccn3COCC[Si](C)(C)C)cc2N(c2cc(N3CCN(CC4=C(c5ccc(Cl)cc5)CC(C)(C)CC4)CC3)ccc2C(=O)OC)C1([2H])[2H]. The van der Waals surface area contributed by atoms with E-state index in [0.29, 0.717) is 17.6 Å². The van der Waals surface area contributed by atoms with E-state index in [-0.39, 0.29) is 35.0 Å². The number of methoxy groups -OCH3 is 1. The van der Waals surface area contributed by atoms with Gasteiger partial charge in [-0.1, -0.05) is 62.8 Å². The van der Waals surface area contributed by atoms with Gasteiger partial charge in [0, 0.05) is 69.7 Å². The summed E-state index contributed by atoms with van der Waals surface area (Å²) in [5, 5.41) is 1.43. The van der Waals surface area contributed by atoms with Gasteiger partial charge in [-0.2, -0.15) is 4.98 Å². The molecule has 4 heterocycles. The maximum Gasteiger partial charge on any atom is 0.339 e. The first-order valence-corrected chi connectivity index (χ1v) is 22.7. The second kappa shape index (κ2) is 15.5. The van der Waals surface area contributed by atoms with Crippen LogP contribution in [0.15, 0.2) is 66.4 Å². The van der Waals surface area contributed by atoms with E-state index in [2.05, 4.69) is 55.4 Å². The van der Waals surface area contributed by atoms with Crippen molar-refractivity contribution in [3.63, 3.8) is 0 Å². The van der Waals surface area contributed by atoms with Gasteiger partial charge < -0.3 is 28.6 Å². The molecule has 4 aromatic rings. The zero-order valence-electron chi connectivity index (χ0n) is 35.8. The fraction of sp³-hybridized carbons (Fsp3) is 0.476. The van der Waals surface area contributed by atoms with Crippen molar-refractivity contribution in [3.05, 3.63) is 82.5 Å². The molecule has 0 amide bonds. The number of piperazine rings is 1. The highest BCUT2D eigenvalue weighted by molar-refractivity contribution is 6.76. The Bertz CT molecular complexity index is 2160. The number of nitrogens with zero attached hydrogens (tertiary/aromatic N) is 5. The molecule has 0 bridgehead atoms. The molecule has 0 radical (unpaired) electrons. The first kappa shape index (κ1) is 32.6. The minimum atomic E-state index is -2.84. The lowest BCUT2D eigenvalue weighted by atomic mass is 9.72. The Morgan fingerprint density at radius 2 is 1.81 bits per heavy atom. The number of hydrogen-bond acceptors (Lipinski definition) is 8. The summed E-state index contributed by atoms with van der Waals surface area (Å²) in [6.45, 7) is 10.8. The Balaban J connectivity index is 1.17. The topological polar surface area (TPSA) is 72.3 Å². The molecule has 2 aromatic heterocycles. The van der Waals surface area contributed by atoms with Crippen LogP contribution in [0.4, 0.5) is 17.1 Å². The summed E-state index contributed by atoms with van der Waals surface area (Å²) in [7, 11) is -0.000192. The third-order valence-electron chi connectivity index (χ3n) is 10.6. The fourth-order valence-electron chi connectivity index (χ4n) is 7.42. The van der Waals surface area contributed by atoms with E-state index in [1.165, 1.54) is 28.7 Å². The lowest BCUT2D eigenvalue weighted by Gasteiger charge is -2.39. The molecule has 11 heteroatoms. The predicted molar refractivity (Wildman–Crippen MR) is 219 cm³/mol. The molecule has 2 aromatic carbocycles. The van der Waals surface area contributed by atoms with E-state index in [0.717, 1.165) is 68.7 Å². The molecular weight excluding hydrogens is 702 g/mol. The van der Waals surface area contributed by atoms with Crippen LogP contribution in [0.2, 0.25) is 30.7 Å². The number of aromatic nitrogens is 2. The van der Waals surface area contributed by atoms with Gasteiger partial charge >= 0.3 is 5.97 Å². The highest BCUT2D eigenvalue weighted by Crippen LogP contribution is 2.44. The lowest BCUT2D eigenvalue weighted by molar-refractivity contribution is 0.0601. The van der Waals surface area contributed by atoms with Crippen LogP contribution in [-0.2, 0) is 16.2 Å². The molecule has 2 aliphatic heterocycles. The highest BCUT2D eigenvalue weighted by atomic mass is 35.5. The van der Waals surface area contributed by atoms with Crippen LogP contribution in [0.3, 0.4) is 0 Å². The summed E-state index contributed by atoms with van der Waals surface area (Å²) >= 11 is 6.24. The smallest absolute Gasteiger partial charge is 0.339 e. The molecule has 0 spiro atoms. The molecule has 7 rings (SSSR count). The minimum absolute atomic E-state index is 0.0853. The molecule has 9 nitrogen and oxygen atoms in total. The predicted octanol–water partition coefficient (Wildman–Crippen LogP) is 9.11. The van der Waals surface area contributed by atoms with Crippen molar-refractivity contribution in [1.82, 2.24) is 14.5 Å². The third-order valence-corrected chi connectivity index (χ3v) is 12.6. The second-order valence-electron chi connectivity index (χ2n) is 16.4. The summed E-state index contributed by atoms with van der Waals surface area (Å²) < 4.78 is 54.6. The molecule has 0 unspecified atom stereocenters. The summed E-state index contributed by atoms with van der Waals surface area (Å²) in [5.41, 5.74) is 6.14. The minimum Gasteiger partial charge on any atom is -0.474 e. The number of pyridine rings is 1. The third kappa shape index (κ3) is 8.61. The molecule has 1 saturated heterocycles. The van der Waals surface area contributed by atoms with Crippen LogP contribution in [0.25, 0.3) is 16.6 Å². The van der Waals surface area contributed by atoms with Gasteiger partial charge in [0.25, 0.3) is 0 Å². The van der Waals surface area contributed by atoms with Gasteiger partial charge in [-0.3, -0.25) is 4.90 Å². The van der Waals surface area contributed by atoms with Crippen molar-refractivity contribution in [3.8, 4) is 5.88 Å². The van der Waals surface area contributed by atoms with Crippen molar-refractivity contribution >= 4 is 59.3 Å². The van der Waals surface area contributed by atoms with E-state index < -0.39 is 27.1 Å². The number of allylic oxidation sites excluding steroid dienone is 1. The maximum absolute atomic E-state index is 13.3. The molecule has 53 heavy (non-hydrogen) atoms. The van der Waals surface area contributed by atoms with Crippen LogP contribution in [0.5, 0.6) is 5.88 Å². The second-order valence-corrected chi connectivity index (χ2v) is 22.5. The Kier molecular flexibility index (Phi) is 9.52. The average Bonchev–Trinajstić information content (AvgIpc) is 3.54. The van der Waals surface area contributed by atoms with Crippen molar-refractivity contribution in [2.24, 2.45) is 5.41 Å². The van der Waals surface area contributed by atoms with Gasteiger partial charge in [-0.25, -0.2) is 4.79 Å². The summed E-state index contributed by atoms with van der Waals surface area (Å²) in [5.74, 6) is -0.750. The first-order valence-electron chi connectivity index (χ1n) is 20.6. The zero-order chi connectivity index (χ0) is 40.9. The van der Waals surface area contributed by atoms with E-state index in [1.807, 2.05) is 35.0 Å². The summed E-state index contributed by atoms with van der Waals surface area (Å²) in [4.78, 5) is 24.0. The first-order chi connectivity index (χ1) is 26.9. The molecule has 1 aliphatic carbocycles. The average molecular weight is 760 g/mol. The molecule has 0 saturated carbocycles. The Morgan fingerprint density at radius 1 is 1.04 bits per heavy atom. The Morgan fingerprint density at radius 3 is 2.55 bits per heavy atom. The molecular formula is C42H54ClN5O4Si. The van der Waals surface area contributed by atoms with Crippen molar-refractivity contribution < 1.29 is 24.5 Å². The molecule has 1 fully saturated rings. The lowest BCUT2D eigenvalue weighted by Crippen LogP contribution is -2.47. The number of hydrogen-bond donors (Lipinski definition) is 0. The van der Waals surface area contributed by atoms with Gasteiger partial charge in [0.15, 0.2) is 0 Å². The summed E-state index contributed by atoms with van der Waals surface area (Å²) in [6.07, 6.45) is 5.06. The van der Waals surface area contributed by atoms with Gasteiger partial charge in [-0.05, 0) is 84.3 Å². The van der Waals surface area contributed by atoms with E-state index in [4.69, 9.17) is 36.3 Å². The monoisotopic (exact) mass is 759 g/mol. The standard InChI is InChI=1S/C42H54ClN5O4Si/c1-42(2)15-13-32(36(27-42)30-7-9-33(43)10-8-30)28-45-17-19-46(20-18-45)34-11-12-35(41(49)50-3)37(26-34)48-21-22-52-40-38(48)25-31-14-16-47(39(31)44-40)29-51-23-24-53(4,5)6/h7-12,14,16,25-26H,13,15,17-24,27-29H2,1-6H3/i21D2,22D2. The summed E-state index contributed by atoms with van der Waals surface area (Å²) in [6, 6.07) is 18.1. The number of anilines is 3. The molecule has 0 N–H and O–H groups in total.